The van der Waals surface area contributed by atoms with Crippen LogP contribution in [0.25, 0.3) is 17.0 Å². The van der Waals surface area contributed by atoms with Gasteiger partial charge in [-0.05, 0) is 43.0 Å². The zero-order valence-electron chi connectivity index (χ0n) is 19.8. The third kappa shape index (κ3) is 4.30. The number of carbonyl (C=O) groups is 1. The first kappa shape index (κ1) is 25.1. The molecule has 0 amide bonds. The van der Waals surface area contributed by atoms with Gasteiger partial charge in [0.1, 0.15) is 34.4 Å². The molecule has 0 saturated carbocycles. The quantitative estimate of drug-likeness (QED) is 0.236. The van der Waals surface area contributed by atoms with E-state index in [4.69, 9.17) is 31.5 Å². The van der Waals surface area contributed by atoms with E-state index in [1.54, 1.807) is 36.1 Å². The second-order valence-electron chi connectivity index (χ2n) is 8.06. The summed E-state index contributed by atoms with van der Waals surface area (Å²) >= 11 is 7.05. The highest BCUT2D eigenvalue weighted by atomic mass is 35.5. The van der Waals surface area contributed by atoms with Crippen LogP contribution in [0.4, 0.5) is 5.69 Å². The minimum Gasteiger partial charge on any atom is -0.463 e. The number of nitriles is 1. The third-order valence-corrected chi connectivity index (χ3v) is 7.06. The summed E-state index contributed by atoms with van der Waals surface area (Å²) in [5.41, 5.74) is 7.46. The largest absolute Gasteiger partial charge is 0.463 e. The van der Waals surface area contributed by atoms with Gasteiger partial charge in [-0.1, -0.05) is 41.9 Å². The van der Waals surface area contributed by atoms with Crippen molar-refractivity contribution in [2.75, 3.05) is 6.61 Å². The summed E-state index contributed by atoms with van der Waals surface area (Å²) in [5, 5.41) is 21.9. The Morgan fingerprint density at radius 3 is 2.74 bits per heavy atom. The van der Waals surface area contributed by atoms with Crippen LogP contribution in [0.15, 0.2) is 86.4 Å². The van der Waals surface area contributed by atoms with Crippen LogP contribution in [0.2, 0.25) is 5.02 Å². The topological polar surface area (TPSA) is 148 Å². The predicted octanol–water partition coefficient (Wildman–Crippen LogP) is 5.59. The van der Waals surface area contributed by atoms with Gasteiger partial charge in [0, 0.05) is 16.7 Å². The number of rotatable bonds is 6. The van der Waals surface area contributed by atoms with Crippen molar-refractivity contribution in [3.63, 3.8) is 0 Å². The number of aliphatic imine (C=N–C) groups is 1. The Labute approximate surface area is 225 Å². The summed E-state index contributed by atoms with van der Waals surface area (Å²) in [7, 11) is 0. The number of nitro benzene ring substituents is 1. The number of nitrogens with two attached hydrogens (primary N) is 1. The Morgan fingerprint density at radius 1 is 1.29 bits per heavy atom. The molecule has 5 rings (SSSR count). The number of hydrogen-bond acceptors (Lipinski definition) is 10. The zero-order valence-corrected chi connectivity index (χ0v) is 21.3. The number of carbonyl (C=O) groups excluding carboxylic acids is 1. The van der Waals surface area contributed by atoms with Gasteiger partial charge >= 0.3 is 5.97 Å². The van der Waals surface area contributed by atoms with Gasteiger partial charge in [-0.2, -0.15) is 5.26 Å². The lowest BCUT2D eigenvalue weighted by Gasteiger charge is -2.33. The minimum atomic E-state index is -0.963. The average Bonchev–Trinajstić information content (AvgIpc) is 3.53. The number of thioether (sulfide) groups is 1. The van der Waals surface area contributed by atoms with Crippen LogP contribution in [0.1, 0.15) is 24.3 Å². The van der Waals surface area contributed by atoms with E-state index in [1.807, 2.05) is 18.2 Å². The average molecular weight is 548 g/mol. The highest BCUT2D eigenvalue weighted by Crippen LogP contribution is 2.48. The van der Waals surface area contributed by atoms with Crippen molar-refractivity contribution in [3.05, 3.63) is 103 Å². The summed E-state index contributed by atoms with van der Waals surface area (Å²) < 4.78 is 11.6. The predicted molar refractivity (Wildman–Crippen MR) is 142 cm³/mol. The second kappa shape index (κ2) is 10.1. The molecule has 0 saturated heterocycles. The van der Waals surface area contributed by atoms with Gasteiger partial charge < -0.3 is 14.9 Å². The molecule has 12 heteroatoms. The molecule has 190 valence electrons. The van der Waals surface area contributed by atoms with Crippen molar-refractivity contribution in [1.82, 2.24) is 4.90 Å². The summed E-state index contributed by atoms with van der Waals surface area (Å²) in [6.07, 6.45) is 0. The number of ether oxygens (including phenoxy) is 1. The normalized spacial score (nSPS) is 16.7. The summed E-state index contributed by atoms with van der Waals surface area (Å²) in [6, 6.07) is 17.6. The van der Waals surface area contributed by atoms with Crippen molar-refractivity contribution in [2.45, 2.75) is 13.0 Å². The van der Waals surface area contributed by atoms with E-state index in [2.05, 4.69) is 6.07 Å². The molecule has 2 aromatic carbocycles. The number of allylic oxidation sites excluding steroid dienone is 1. The van der Waals surface area contributed by atoms with Gasteiger partial charge in [0.25, 0.3) is 5.69 Å². The SMILES string of the molecule is CCOC(=O)C1=C(c2ccccc2)N=C2SC(C#N)=C(N)N2[C@@H]1c1ccc(-c2ccc(Cl)cc2[N+](=O)[O-])o1. The van der Waals surface area contributed by atoms with E-state index >= 15 is 0 Å². The second-order valence-corrected chi connectivity index (χ2v) is 9.48. The van der Waals surface area contributed by atoms with Gasteiger partial charge in [-0.25, -0.2) is 9.79 Å². The number of furan rings is 1. The maximum absolute atomic E-state index is 13.4. The number of fused-ring (bicyclic) bond motifs is 1. The maximum atomic E-state index is 13.4. The van der Waals surface area contributed by atoms with Crippen LogP contribution in [0.3, 0.4) is 0 Å². The molecule has 1 aromatic heterocycles. The number of esters is 1. The van der Waals surface area contributed by atoms with Gasteiger partial charge in [-0.15, -0.1) is 0 Å². The van der Waals surface area contributed by atoms with Crippen molar-refractivity contribution in [2.24, 2.45) is 10.7 Å². The highest BCUT2D eigenvalue weighted by Gasteiger charge is 2.45. The van der Waals surface area contributed by atoms with Crippen LogP contribution in [-0.2, 0) is 9.53 Å². The van der Waals surface area contributed by atoms with Gasteiger partial charge in [0.2, 0.25) is 0 Å². The Kier molecular flexibility index (Phi) is 6.67. The first-order chi connectivity index (χ1) is 18.3. The zero-order chi connectivity index (χ0) is 27.0. The first-order valence-electron chi connectivity index (χ1n) is 11.3. The summed E-state index contributed by atoms with van der Waals surface area (Å²) in [5.74, 6) is -0.106. The van der Waals surface area contributed by atoms with Crippen LogP contribution in [0, 0.1) is 21.4 Å². The standard InChI is InChI=1S/C26H18ClN5O5S/c1-2-36-25(33)21-22(14-6-4-3-5-7-14)30-26-31(24(29)20(13-28)38-26)23(21)19-11-10-18(37-19)16-9-8-15(27)12-17(16)32(34)35/h3-12,23H,2,29H2,1H3/t23-/m1/s1. The summed E-state index contributed by atoms with van der Waals surface area (Å²) in [4.78, 5) is 31.0. The number of nitrogens with zero attached hydrogens (tertiary/aromatic N) is 4. The molecule has 3 aromatic rings. The lowest BCUT2D eigenvalue weighted by Crippen LogP contribution is -2.38. The van der Waals surface area contributed by atoms with Crippen molar-refractivity contribution >= 4 is 45.9 Å². The Morgan fingerprint density at radius 2 is 2.05 bits per heavy atom. The molecule has 2 aliphatic rings. The van der Waals surface area contributed by atoms with Gasteiger partial charge in [0.05, 0.1) is 28.4 Å². The molecule has 3 heterocycles. The monoisotopic (exact) mass is 547 g/mol. The van der Waals surface area contributed by atoms with E-state index in [0.717, 1.165) is 11.8 Å². The Bertz CT molecular complexity index is 1610. The molecule has 2 N–H and O–H groups in total. The molecule has 1 atom stereocenters. The van der Waals surface area contributed by atoms with E-state index in [9.17, 15) is 20.2 Å². The van der Waals surface area contributed by atoms with Gasteiger partial charge in [0.15, 0.2) is 5.17 Å². The smallest absolute Gasteiger partial charge is 0.338 e. The summed E-state index contributed by atoms with van der Waals surface area (Å²) in [6.45, 7) is 1.79. The lowest BCUT2D eigenvalue weighted by molar-refractivity contribution is -0.384. The van der Waals surface area contributed by atoms with Crippen LogP contribution < -0.4 is 5.73 Å². The molecule has 10 nitrogen and oxygen atoms in total. The van der Waals surface area contributed by atoms with Crippen molar-refractivity contribution in [1.29, 1.82) is 5.26 Å². The molecule has 0 spiro atoms. The molecule has 0 aliphatic carbocycles. The molecule has 0 unspecified atom stereocenters. The van der Waals surface area contributed by atoms with E-state index in [1.165, 1.54) is 18.2 Å². The van der Waals surface area contributed by atoms with Crippen LogP contribution in [-0.4, -0.2) is 27.6 Å². The van der Waals surface area contributed by atoms with Crippen LogP contribution in [0.5, 0.6) is 0 Å². The van der Waals surface area contributed by atoms with E-state index < -0.39 is 16.9 Å². The molecule has 38 heavy (non-hydrogen) atoms. The maximum Gasteiger partial charge on any atom is 0.338 e. The fourth-order valence-corrected chi connectivity index (χ4v) is 5.27. The Hall–Kier alpha value is -4.53. The molecule has 0 fully saturated rings. The molecule has 0 bridgehead atoms. The van der Waals surface area contributed by atoms with Crippen molar-refractivity contribution < 1.29 is 18.9 Å². The highest BCUT2D eigenvalue weighted by molar-refractivity contribution is 8.17. The Balaban J connectivity index is 1.73. The lowest BCUT2D eigenvalue weighted by atomic mass is 9.96. The first-order valence-corrected chi connectivity index (χ1v) is 12.5. The number of hydrogen-bond donors (Lipinski definition) is 1. The molecule has 2 aliphatic heterocycles. The third-order valence-electron chi connectivity index (χ3n) is 5.85. The van der Waals surface area contributed by atoms with Gasteiger partial charge in [-0.3, -0.25) is 15.0 Å². The number of amidine groups is 1. The van der Waals surface area contributed by atoms with Crippen molar-refractivity contribution in [3.8, 4) is 17.4 Å². The number of nitro groups is 1. The van der Waals surface area contributed by atoms with E-state index in [0.29, 0.717) is 16.4 Å². The molecular weight excluding hydrogens is 530 g/mol. The number of benzene rings is 2. The molecule has 0 radical (unpaired) electrons. The van der Waals surface area contributed by atoms with E-state index in [-0.39, 0.29) is 50.7 Å². The molecular formula is C26H18ClN5O5S. The van der Waals surface area contributed by atoms with Crippen LogP contribution >= 0.6 is 23.4 Å². The number of halogens is 1. The fourth-order valence-electron chi connectivity index (χ4n) is 4.24. The fraction of sp³-hybridized carbons (Fsp3) is 0.115. The minimum absolute atomic E-state index is 0.102.